The summed E-state index contributed by atoms with van der Waals surface area (Å²) in [5.41, 5.74) is 1.19. The minimum absolute atomic E-state index is 0.130. The van der Waals surface area contributed by atoms with E-state index in [-0.39, 0.29) is 23.4 Å². The molecule has 2 aromatic carbocycles. The first-order valence-electron chi connectivity index (χ1n) is 10.2. The molecule has 4 rings (SSSR count). The highest BCUT2D eigenvalue weighted by Crippen LogP contribution is 2.28. The summed E-state index contributed by atoms with van der Waals surface area (Å²) in [5.74, 6) is 1.04. The number of hydrogen-bond acceptors (Lipinski definition) is 5. The van der Waals surface area contributed by atoms with Crippen molar-refractivity contribution in [1.82, 2.24) is 9.80 Å². The Morgan fingerprint density at radius 1 is 0.812 bits per heavy atom. The average Bonchev–Trinajstić information content (AvgIpc) is 3.33. The van der Waals surface area contributed by atoms with Crippen LogP contribution in [-0.2, 0) is 0 Å². The number of amides is 2. The predicted octanol–water partition coefficient (Wildman–Crippen LogP) is 3.70. The lowest BCUT2D eigenvalue weighted by Crippen LogP contribution is -2.50. The number of piperazine rings is 1. The van der Waals surface area contributed by atoms with Crippen LogP contribution in [-0.4, -0.2) is 62.0 Å². The third-order valence-electron chi connectivity index (χ3n) is 5.43. The van der Waals surface area contributed by atoms with Gasteiger partial charge in [0.15, 0.2) is 17.3 Å². The molecule has 7 nitrogen and oxygen atoms in total. The fourth-order valence-electron chi connectivity index (χ4n) is 3.64. The molecule has 1 saturated heterocycles. The van der Waals surface area contributed by atoms with Gasteiger partial charge < -0.3 is 23.7 Å². The molecule has 0 N–H and O–H groups in total. The highest BCUT2D eigenvalue weighted by Gasteiger charge is 2.27. The Balaban J connectivity index is 1.39. The van der Waals surface area contributed by atoms with E-state index in [1.165, 1.54) is 26.4 Å². The highest BCUT2D eigenvalue weighted by atomic mass is 19.1. The van der Waals surface area contributed by atoms with Gasteiger partial charge in [-0.1, -0.05) is 0 Å². The molecule has 0 atom stereocenters. The van der Waals surface area contributed by atoms with Crippen molar-refractivity contribution in [3.63, 3.8) is 0 Å². The minimum Gasteiger partial charge on any atom is -0.493 e. The van der Waals surface area contributed by atoms with Crippen molar-refractivity contribution in [1.29, 1.82) is 0 Å². The van der Waals surface area contributed by atoms with Gasteiger partial charge in [-0.2, -0.15) is 0 Å². The Morgan fingerprint density at radius 3 is 2.06 bits per heavy atom. The van der Waals surface area contributed by atoms with Crippen LogP contribution in [0.25, 0.3) is 11.3 Å². The van der Waals surface area contributed by atoms with Crippen molar-refractivity contribution in [3.8, 4) is 22.8 Å². The van der Waals surface area contributed by atoms with Crippen LogP contribution in [0.3, 0.4) is 0 Å². The molecular formula is C24H23FN2O5. The molecule has 8 heteroatoms. The Bertz CT molecular complexity index is 1120. The Kier molecular flexibility index (Phi) is 6.11. The summed E-state index contributed by atoms with van der Waals surface area (Å²) < 4.78 is 29.3. The molecule has 2 heterocycles. The van der Waals surface area contributed by atoms with E-state index in [0.29, 0.717) is 54.6 Å². The Morgan fingerprint density at radius 2 is 1.44 bits per heavy atom. The Hall–Kier alpha value is -3.81. The number of benzene rings is 2. The molecule has 0 spiro atoms. The van der Waals surface area contributed by atoms with Crippen LogP contribution in [0.2, 0.25) is 0 Å². The SMILES string of the molecule is COc1ccc(C(=O)N2CCN(C(=O)c3ccc(-c4ccc(F)cc4)o3)CC2)cc1OC. The Labute approximate surface area is 184 Å². The molecule has 0 unspecified atom stereocenters. The van der Waals surface area contributed by atoms with Gasteiger partial charge in [-0.3, -0.25) is 9.59 Å². The van der Waals surface area contributed by atoms with Gasteiger partial charge in [0.25, 0.3) is 11.8 Å². The summed E-state index contributed by atoms with van der Waals surface area (Å²) in [6, 6.07) is 14.2. The smallest absolute Gasteiger partial charge is 0.289 e. The van der Waals surface area contributed by atoms with E-state index >= 15 is 0 Å². The average molecular weight is 438 g/mol. The van der Waals surface area contributed by atoms with Crippen molar-refractivity contribution in [2.75, 3.05) is 40.4 Å². The third-order valence-corrected chi connectivity index (χ3v) is 5.43. The van der Waals surface area contributed by atoms with Gasteiger partial charge in [-0.25, -0.2) is 4.39 Å². The maximum atomic E-state index is 13.1. The van der Waals surface area contributed by atoms with Gasteiger partial charge >= 0.3 is 0 Å². The topological polar surface area (TPSA) is 72.2 Å². The second kappa shape index (κ2) is 9.13. The first-order chi connectivity index (χ1) is 15.5. The zero-order chi connectivity index (χ0) is 22.7. The second-order valence-electron chi connectivity index (χ2n) is 7.32. The summed E-state index contributed by atoms with van der Waals surface area (Å²) in [4.78, 5) is 29.1. The number of nitrogens with zero attached hydrogens (tertiary/aromatic N) is 2. The van der Waals surface area contributed by atoms with E-state index in [4.69, 9.17) is 13.9 Å². The van der Waals surface area contributed by atoms with Crippen LogP contribution in [0.5, 0.6) is 11.5 Å². The van der Waals surface area contributed by atoms with E-state index in [1.807, 2.05) is 0 Å². The molecule has 1 aromatic heterocycles. The minimum atomic E-state index is -0.336. The number of hydrogen-bond donors (Lipinski definition) is 0. The fourth-order valence-corrected chi connectivity index (χ4v) is 3.64. The molecule has 0 bridgehead atoms. The van der Waals surface area contributed by atoms with Crippen LogP contribution in [0.4, 0.5) is 4.39 Å². The standard InChI is InChI=1S/C24H23FN2O5/c1-30-20-8-5-17(15-22(20)31-2)23(28)26-11-13-27(14-12-26)24(29)21-10-9-19(32-21)16-3-6-18(25)7-4-16/h3-10,15H,11-14H2,1-2H3. The van der Waals surface area contributed by atoms with Gasteiger partial charge in [0, 0.05) is 37.3 Å². The number of carbonyl (C=O) groups is 2. The monoisotopic (exact) mass is 438 g/mol. The summed E-state index contributed by atoms with van der Waals surface area (Å²) in [6.45, 7) is 1.60. The first kappa shape index (κ1) is 21.4. The molecule has 2 amide bonds. The number of furan rings is 1. The lowest BCUT2D eigenvalue weighted by molar-refractivity contribution is 0.0518. The van der Waals surface area contributed by atoms with Crippen molar-refractivity contribution < 1.29 is 27.9 Å². The quantitative estimate of drug-likeness (QED) is 0.608. The lowest BCUT2D eigenvalue weighted by Gasteiger charge is -2.34. The molecule has 1 aliphatic heterocycles. The predicted molar refractivity (Wildman–Crippen MR) is 115 cm³/mol. The number of halogens is 1. The summed E-state index contributed by atoms with van der Waals surface area (Å²) in [5, 5.41) is 0. The molecule has 0 saturated carbocycles. The maximum absolute atomic E-state index is 13.1. The molecule has 1 aliphatic rings. The van der Waals surface area contributed by atoms with Crippen LogP contribution < -0.4 is 9.47 Å². The molecule has 0 radical (unpaired) electrons. The zero-order valence-electron chi connectivity index (χ0n) is 17.8. The van der Waals surface area contributed by atoms with Crippen LogP contribution in [0, 0.1) is 5.82 Å². The molecule has 1 fully saturated rings. The van der Waals surface area contributed by atoms with Crippen LogP contribution >= 0.6 is 0 Å². The summed E-state index contributed by atoms with van der Waals surface area (Å²) >= 11 is 0. The number of carbonyl (C=O) groups excluding carboxylic acids is 2. The number of rotatable bonds is 5. The zero-order valence-corrected chi connectivity index (χ0v) is 17.8. The van der Waals surface area contributed by atoms with E-state index in [0.717, 1.165) is 0 Å². The van der Waals surface area contributed by atoms with Gasteiger partial charge in [-0.05, 0) is 54.6 Å². The largest absolute Gasteiger partial charge is 0.493 e. The van der Waals surface area contributed by atoms with E-state index in [9.17, 15) is 14.0 Å². The normalized spacial score (nSPS) is 13.7. The van der Waals surface area contributed by atoms with Gasteiger partial charge in [0.1, 0.15) is 11.6 Å². The van der Waals surface area contributed by atoms with Gasteiger partial charge in [0.05, 0.1) is 14.2 Å². The van der Waals surface area contributed by atoms with Crippen molar-refractivity contribution in [3.05, 3.63) is 71.7 Å². The van der Waals surface area contributed by atoms with E-state index in [1.54, 1.807) is 52.3 Å². The number of ether oxygens (including phenoxy) is 2. The van der Waals surface area contributed by atoms with Crippen molar-refractivity contribution in [2.24, 2.45) is 0 Å². The molecule has 166 valence electrons. The van der Waals surface area contributed by atoms with Crippen LogP contribution in [0.15, 0.2) is 59.0 Å². The van der Waals surface area contributed by atoms with Gasteiger partial charge in [-0.15, -0.1) is 0 Å². The van der Waals surface area contributed by atoms with Crippen molar-refractivity contribution in [2.45, 2.75) is 0 Å². The first-order valence-corrected chi connectivity index (χ1v) is 10.2. The molecule has 32 heavy (non-hydrogen) atoms. The van der Waals surface area contributed by atoms with Gasteiger partial charge in [0.2, 0.25) is 0 Å². The molecule has 0 aliphatic carbocycles. The molecule has 3 aromatic rings. The summed E-state index contributed by atoms with van der Waals surface area (Å²) in [6.07, 6.45) is 0. The van der Waals surface area contributed by atoms with Crippen LogP contribution in [0.1, 0.15) is 20.9 Å². The fraction of sp³-hybridized carbons (Fsp3) is 0.250. The third kappa shape index (κ3) is 4.30. The second-order valence-corrected chi connectivity index (χ2v) is 7.32. The van der Waals surface area contributed by atoms with E-state index < -0.39 is 0 Å². The maximum Gasteiger partial charge on any atom is 0.289 e. The molecular weight excluding hydrogens is 415 g/mol. The highest BCUT2D eigenvalue weighted by molar-refractivity contribution is 5.95. The number of methoxy groups -OCH3 is 2. The van der Waals surface area contributed by atoms with Crippen molar-refractivity contribution >= 4 is 11.8 Å². The summed E-state index contributed by atoms with van der Waals surface area (Å²) in [7, 11) is 3.06. The lowest BCUT2D eigenvalue weighted by atomic mass is 10.1. The van der Waals surface area contributed by atoms with E-state index in [2.05, 4.69) is 0 Å².